The van der Waals surface area contributed by atoms with Gasteiger partial charge in [0.2, 0.25) is 0 Å². The van der Waals surface area contributed by atoms with E-state index in [0.29, 0.717) is 5.02 Å². The molecule has 0 radical (unpaired) electrons. The molecule has 2 rings (SSSR count). The van der Waals surface area contributed by atoms with Gasteiger partial charge in [0.1, 0.15) is 0 Å². The summed E-state index contributed by atoms with van der Waals surface area (Å²) in [5, 5.41) is 18.8. The summed E-state index contributed by atoms with van der Waals surface area (Å²) in [7, 11) is 0. The Labute approximate surface area is 87.7 Å². The first-order chi connectivity index (χ1) is 6.73. The number of rotatable bonds is 2. The van der Waals surface area contributed by atoms with Crippen molar-refractivity contribution < 1.29 is 5.11 Å². The summed E-state index contributed by atoms with van der Waals surface area (Å²) in [6, 6.07) is 9.60. The smallest absolute Gasteiger partial charge is 0.0877 e. The van der Waals surface area contributed by atoms with Crippen LogP contribution in [0.2, 0.25) is 5.02 Å². The van der Waals surface area contributed by atoms with E-state index >= 15 is 0 Å². The van der Waals surface area contributed by atoms with Crippen LogP contribution in [0.5, 0.6) is 0 Å². The van der Waals surface area contributed by atoms with Gasteiger partial charge >= 0.3 is 0 Å². The van der Waals surface area contributed by atoms with E-state index in [-0.39, 0.29) is 12.5 Å². The van der Waals surface area contributed by atoms with Crippen LogP contribution in [0.4, 0.5) is 0 Å². The van der Waals surface area contributed by atoms with Crippen LogP contribution >= 0.6 is 11.6 Å². The highest BCUT2D eigenvalue weighted by Crippen LogP contribution is 2.53. The van der Waals surface area contributed by atoms with Gasteiger partial charge < -0.3 is 5.11 Å². The summed E-state index contributed by atoms with van der Waals surface area (Å²) in [6.07, 6.45) is 0.736. The first kappa shape index (κ1) is 9.51. The minimum Gasteiger partial charge on any atom is -0.396 e. The van der Waals surface area contributed by atoms with Crippen LogP contribution in [0.15, 0.2) is 24.3 Å². The Morgan fingerprint density at radius 3 is 2.93 bits per heavy atom. The van der Waals surface area contributed by atoms with Gasteiger partial charge in [0, 0.05) is 17.5 Å². The molecule has 2 unspecified atom stereocenters. The molecule has 0 saturated heterocycles. The second-order valence-corrected chi connectivity index (χ2v) is 4.11. The van der Waals surface area contributed by atoms with Crippen molar-refractivity contribution in [2.24, 2.45) is 5.92 Å². The Hall–Kier alpha value is -1.04. The van der Waals surface area contributed by atoms with E-state index in [1.54, 1.807) is 12.1 Å². The summed E-state index contributed by atoms with van der Waals surface area (Å²) in [5.74, 6) is 0.0750. The molecule has 1 N–H and O–H groups in total. The van der Waals surface area contributed by atoms with E-state index < -0.39 is 5.41 Å². The third-order valence-electron chi connectivity index (χ3n) is 2.86. The lowest BCUT2D eigenvalue weighted by Gasteiger charge is -2.07. The van der Waals surface area contributed by atoms with Gasteiger partial charge in [-0.15, -0.1) is 0 Å². The molecule has 0 amide bonds. The molecule has 0 heterocycles. The highest BCUT2D eigenvalue weighted by atomic mass is 35.5. The Morgan fingerprint density at radius 2 is 2.43 bits per heavy atom. The number of hydrogen-bond donors (Lipinski definition) is 1. The van der Waals surface area contributed by atoms with Gasteiger partial charge in [0.15, 0.2) is 0 Å². The van der Waals surface area contributed by atoms with Crippen LogP contribution < -0.4 is 0 Å². The summed E-state index contributed by atoms with van der Waals surface area (Å²) in [6.45, 7) is 0.0695. The van der Waals surface area contributed by atoms with Crippen molar-refractivity contribution in [2.75, 3.05) is 6.61 Å². The van der Waals surface area contributed by atoms with Crippen LogP contribution in [0.3, 0.4) is 0 Å². The fourth-order valence-electron chi connectivity index (χ4n) is 1.87. The molecule has 2 atom stereocenters. The third-order valence-corrected chi connectivity index (χ3v) is 3.10. The van der Waals surface area contributed by atoms with Crippen molar-refractivity contribution in [1.29, 1.82) is 5.26 Å². The lowest BCUT2D eigenvalue weighted by Crippen LogP contribution is -2.08. The highest BCUT2D eigenvalue weighted by Gasteiger charge is 2.55. The Kier molecular flexibility index (Phi) is 2.22. The Bertz CT molecular complexity index is 399. The normalized spacial score (nSPS) is 29.6. The molecule has 3 heteroatoms. The van der Waals surface area contributed by atoms with Gasteiger partial charge in [-0.2, -0.15) is 5.26 Å². The van der Waals surface area contributed by atoms with Crippen LogP contribution in [0, 0.1) is 17.2 Å². The minimum atomic E-state index is -0.486. The van der Waals surface area contributed by atoms with Gasteiger partial charge in [0.05, 0.1) is 11.5 Å². The second kappa shape index (κ2) is 3.27. The van der Waals surface area contributed by atoms with Crippen LogP contribution in [0.1, 0.15) is 12.0 Å². The van der Waals surface area contributed by atoms with Crippen molar-refractivity contribution in [3.05, 3.63) is 34.9 Å². The molecule has 0 spiro atoms. The number of aliphatic hydroxyl groups excluding tert-OH is 1. The van der Waals surface area contributed by atoms with Crippen LogP contribution in [-0.2, 0) is 5.41 Å². The van der Waals surface area contributed by atoms with Crippen molar-refractivity contribution in [3.8, 4) is 6.07 Å². The number of aliphatic hydroxyl groups is 1. The molecular weight excluding hydrogens is 198 g/mol. The van der Waals surface area contributed by atoms with E-state index in [1.807, 2.05) is 12.1 Å². The second-order valence-electron chi connectivity index (χ2n) is 3.68. The lowest BCUT2D eigenvalue weighted by atomic mass is 9.95. The Balaban J connectivity index is 2.36. The zero-order valence-corrected chi connectivity index (χ0v) is 8.33. The van der Waals surface area contributed by atoms with E-state index in [4.69, 9.17) is 22.0 Å². The lowest BCUT2D eigenvalue weighted by molar-refractivity contribution is 0.269. The van der Waals surface area contributed by atoms with Crippen LogP contribution in [0.25, 0.3) is 0 Å². The minimum absolute atomic E-state index is 0.0695. The van der Waals surface area contributed by atoms with E-state index in [2.05, 4.69) is 6.07 Å². The molecule has 0 aliphatic heterocycles. The Morgan fingerprint density at radius 1 is 1.64 bits per heavy atom. The topological polar surface area (TPSA) is 44.0 Å². The van der Waals surface area contributed by atoms with E-state index in [0.717, 1.165) is 12.0 Å². The number of hydrogen-bond acceptors (Lipinski definition) is 2. The fourth-order valence-corrected chi connectivity index (χ4v) is 2.06. The van der Waals surface area contributed by atoms with Gasteiger partial charge in [-0.25, -0.2) is 0 Å². The summed E-state index contributed by atoms with van der Waals surface area (Å²) in [5.41, 5.74) is 0.436. The maximum Gasteiger partial charge on any atom is 0.0877 e. The monoisotopic (exact) mass is 207 g/mol. The summed E-state index contributed by atoms with van der Waals surface area (Å²) in [4.78, 5) is 0. The SMILES string of the molecule is N#CC1(c2cccc(Cl)c2)CC1CO. The maximum atomic E-state index is 9.10. The third kappa shape index (κ3) is 1.30. The highest BCUT2D eigenvalue weighted by molar-refractivity contribution is 6.30. The number of nitriles is 1. The molecule has 1 aromatic rings. The molecule has 1 fully saturated rings. The summed E-state index contributed by atoms with van der Waals surface area (Å²) >= 11 is 5.85. The fraction of sp³-hybridized carbons (Fsp3) is 0.364. The predicted octanol–water partition coefficient (Wildman–Crippen LogP) is 2.11. The van der Waals surface area contributed by atoms with Gasteiger partial charge in [0.25, 0.3) is 0 Å². The zero-order valence-electron chi connectivity index (χ0n) is 7.57. The van der Waals surface area contributed by atoms with Crippen LogP contribution in [-0.4, -0.2) is 11.7 Å². The van der Waals surface area contributed by atoms with E-state index in [9.17, 15) is 0 Å². The molecule has 1 aliphatic rings. The average Bonchev–Trinajstić information content (AvgIpc) is 2.93. The van der Waals surface area contributed by atoms with Gasteiger partial charge in [-0.3, -0.25) is 0 Å². The molecule has 14 heavy (non-hydrogen) atoms. The molecule has 1 saturated carbocycles. The van der Waals surface area contributed by atoms with Crippen molar-refractivity contribution in [1.82, 2.24) is 0 Å². The van der Waals surface area contributed by atoms with Gasteiger partial charge in [-0.1, -0.05) is 23.7 Å². The van der Waals surface area contributed by atoms with Crippen molar-refractivity contribution in [2.45, 2.75) is 11.8 Å². The number of benzene rings is 1. The first-order valence-electron chi connectivity index (χ1n) is 4.51. The molecule has 72 valence electrons. The summed E-state index contributed by atoms with van der Waals surface area (Å²) < 4.78 is 0. The first-order valence-corrected chi connectivity index (χ1v) is 4.89. The molecule has 1 aromatic carbocycles. The zero-order chi connectivity index (χ0) is 10.2. The standard InChI is InChI=1S/C11H10ClNO/c12-10-3-1-2-8(4-10)11(7-13)5-9(11)6-14/h1-4,9,14H,5-6H2. The molecule has 2 nitrogen and oxygen atoms in total. The number of nitrogens with zero attached hydrogens (tertiary/aromatic N) is 1. The molecule has 0 bridgehead atoms. The molecule has 0 aromatic heterocycles. The largest absolute Gasteiger partial charge is 0.396 e. The molecular formula is C11H10ClNO. The van der Waals surface area contributed by atoms with Crippen molar-refractivity contribution >= 4 is 11.6 Å². The van der Waals surface area contributed by atoms with E-state index in [1.165, 1.54) is 0 Å². The quantitative estimate of drug-likeness (QED) is 0.808. The number of halogens is 1. The molecule has 1 aliphatic carbocycles. The van der Waals surface area contributed by atoms with Crippen molar-refractivity contribution in [3.63, 3.8) is 0 Å². The predicted molar refractivity (Wildman–Crippen MR) is 53.9 cm³/mol. The average molecular weight is 208 g/mol. The van der Waals surface area contributed by atoms with Gasteiger partial charge in [-0.05, 0) is 24.1 Å². The maximum absolute atomic E-state index is 9.10.